The first-order valence-corrected chi connectivity index (χ1v) is 7.81. The fourth-order valence-electron chi connectivity index (χ4n) is 1.50. The molecule has 1 aromatic carbocycles. The number of benzene rings is 1. The van der Waals surface area contributed by atoms with E-state index in [0.29, 0.717) is 0 Å². The second kappa shape index (κ2) is 4.80. The van der Waals surface area contributed by atoms with Gasteiger partial charge >= 0.3 is 0 Å². The normalized spacial score (nSPS) is 11.8. The van der Waals surface area contributed by atoms with Crippen molar-refractivity contribution in [2.45, 2.75) is 5.16 Å². The molecule has 5 nitrogen and oxygen atoms in total. The number of rotatable bonds is 2. The van der Waals surface area contributed by atoms with Gasteiger partial charge in [0.05, 0.1) is 5.56 Å². The molecule has 0 bridgehead atoms. The molecule has 0 N–H and O–H groups in total. The zero-order valence-corrected chi connectivity index (χ0v) is 12.4. The van der Waals surface area contributed by atoms with Crippen molar-refractivity contribution in [3.05, 3.63) is 28.2 Å². The Hall–Kier alpha value is -1.06. The minimum absolute atomic E-state index is 0.207. The summed E-state index contributed by atoms with van der Waals surface area (Å²) in [5, 5.41) is 6.18. The fourth-order valence-corrected chi connectivity index (χ4v) is 2.86. The summed E-state index contributed by atoms with van der Waals surface area (Å²) in [5.41, 5.74) is -0.482. The van der Waals surface area contributed by atoms with Gasteiger partial charge in [-0.2, -0.15) is 0 Å². The van der Waals surface area contributed by atoms with E-state index in [4.69, 9.17) is 10.7 Å². The molecule has 0 aliphatic carbocycles. The maximum atomic E-state index is 13.7. The van der Waals surface area contributed by atoms with Crippen molar-refractivity contribution in [1.82, 2.24) is 14.8 Å². The monoisotopic (exact) mass is 371 g/mol. The number of hydrogen-bond donors (Lipinski definition) is 0. The zero-order chi connectivity index (χ0) is 14.4. The van der Waals surface area contributed by atoms with E-state index in [1.165, 1.54) is 7.05 Å². The Morgan fingerprint density at radius 3 is 2.21 bits per heavy atom. The van der Waals surface area contributed by atoms with Crippen LogP contribution in [0.1, 0.15) is 0 Å². The van der Waals surface area contributed by atoms with Gasteiger partial charge in [-0.25, -0.2) is 17.2 Å². The van der Waals surface area contributed by atoms with Gasteiger partial charge in [0, 0.05) is 22.2 Å². The van der Waals surface area contributed by atoms with Gasteiger partial charge in [-0.15, -0.1) is 10.2 Å². The Bertz CT molecular complexity index is 740. The Morgan fingerprint density at radius 1 is 1.26 bits per heavy atom. The quantitative estimate of drug-likeness (QED) is 0.760. The summed E-state index contributed by atoms with van der Waals surface area (Å²) in [5.74, 6) is -2.08. The van der Waals surface area contributed by atoms with Crippen molar-refractivity contribution in [2.75, 3.05) is 0 Å². The minimum Gasteiger partial charge on any atom is -0.300 e. The molecule has 0 aliphatic rings. The second-order valence-electron chi connectivity index (χ2n) is 3.55. The van der Waals surface area contributed by atoms with E-state index in [0.717, 1.165) is 16.7 Å². The van der Waals surface area contributed by atoms with Crippen LogP contribution in [0.2, 0.25) is 0 Å². The Balaban J connectivity index is 2.72. The molecule has 2 aromatic rings. The number of nitrogens with zero attached hydrogens (tertiary/aromatic N) is 3. The Kier molecular flexibility index (Phi) is 3.63. The maximum Gasteiger partial charge on any atom is 0.296 e. The highest BCUT2D eigenvalue weighted by Gasteiger charge is 2.24. The Morgan fingerprint density at radius 2 is 1.79 bits per heavy atom. The number of aromatic nitrogens is 3. The summed E-state index contributed by atoms with van der Waals surface area (Å²) in [6.45, 7) is 0. The SMILES string of the molecule is Cn1c(-c2c(F)cc(Br)cc2F)nnc1S(=O)(=O)Cl. The van der Waals surface area contributed by atoms with Gasteiger partial charge in [-0.05, 0) is 12.1 Å². The van der Waals surface area contributed by atoms with Gasteiger partial charge in [0.15, 0.2) is 5.82 Å². The van der Waals surface area contributed by atoms with Crippen molar-refractivity contribution in [3.8, 4) is 11.4 Å². The van der Waals surface area contributed by atoms with Crippen LogP contribution in [0.3, 0.4) is 0 Å². The first-order valence-electron chi connectivity index (χ1n) is 4.71. The standard InChI is InChI=1S/C9H5BrClF2N3O2S/c1-16-8(14-15-9(16)19(11,17)18)7-5(12)2-4(10)3-6(7)13/h2-3H,1H3. The van der Waals surface area contributed by atoms with Gasteiger partial charge in [0.2, 0.25) is 0 Å². The first kappa shape index (κ1) is 14.4. The molecular formula is C9H5BrClF2N3O2S. The van der Waals surface area contributed by atoms with E-state index in [-0.39, 0.29) is 10.3 Å². The molecule has 10 heteroatoms. The molecule has 1 aromatic heterocycles. The summed E-state index contributed by atoms with van der Waals surface area (Å²) in [4.78, 5) is 0. The molecule has 0 radical (unpaired) electrons. The molecule has 0 atom stereocenters. The molecule has 0 aliphatic heterocycles. The molecule has 1 heterocycles. The average Bonchev–Trinajstić information content (AvgIpc) is 2.58. The van der Waals surface area contributed by atoms with Crippen LogP contribution in [0.4, 0.5) is 8.78 Å². The van der Waals surface area contributed by atoms with E-state index in [1.807, 2.05) is 0 Å². The van der Waals surface area contributed by atoms with Crippen molar-refractivity contribution in [3.63, 3.8) is 0 Å². The van der Waals surface area contributed by atoms with Gasteiger partial charge < -0.3 is 0 Å². The summed E-state index contributed by atoms with van der Waals surface area (Å²) in [6, 6.07) is 2.06. The van der Waals surface area contributed by atoms with Gasteiger partial charge in [-0.3, -0.25) is 4.57 Å². The number of hydrogen-bond acceptors (Lipinski definition) is 4. The van der Waals surface area contributed by atoms with E-state index >= 15 is 0 Å². The molecule has 19 heavy (non-hydrogen) atoms. The van der Waals surface area contributed by atoms with Crippen LogP contribution in [0.15, 0.2) is 21.8 Å². The Labute approximate surface area is 119 Å². The minimum atomic E-state index is -4.15. The lowest BCUT2D eigenvalue weighted by atomic mass is 10.2. The molecule has 0 saturated carbocycles. The molecular weight excluding hydrogens is 368 g/mol. The van der Waals surface area contributed by atoms with Crippen molar-refractivity contribution in [1.29, 1.82) is 0 Å². The largest absolute Gasteiger partial charge is 0.300 e. The lowest BCUT2D eigenvalue weighted by Crippen LogP contribution is -2.04. The average molecular weight is 373 g/mol. The van der Waals surface area contributed by atoms with Crippen LogP contribution in [-0.2, 0) is 16.1 Å². The molecule has 0 amide bonds. The van der Waals surface area contributed by atoms with Crippen LogP contribution in [0, 0.1) is 11.6 Å². The topological polar surface area (TPSA) is 64.8 Å². The second-order valence-corrected chi connectivity index (χ2v) is 6.92. The third-order valence-corrected chi connectivity index (χ3v) is 3.95. The van der Waals surface area contributed by atoms with E-state index in [9.17, 15) is 17.2 Å². The van der Waals surface area contributed by atoms with Crippen LogP contribution < -0.4 is 0 Å². The summed E-state index contributed by atoms with van der Waals surface area (Å²) < 4.78 is 50.9. The van der Waals surface area contributed by atoms with Crippen LogP contribution in [0.5, 0.6) is 0 Å². The summed E-state index contributed by atoms with van der Waals surface area (Å²) in [7, 11) is 2.22. The maximum absolute atomic E-state index is 13.7. The highest BCUT2D eigenvalue weighted by Crippen LogP contribution is 2.28. The lowest BCUT2D eigenvalue weighted by molar-refractivity contribution is 0.580. The first-order chi connectivity index (χ1) is 8.71. The predicted octanol–water partition coefficient (Wildman–Crippen LogP) is 2.45. The third-order valence-electron chi connectivity index (χ3n) is 2.28. The van der Waals surface area contributed by atoms with Gasteiger partial charge in [-0.1, -0.05) is 15.9 Å². The highest BCUT2D eigenvalue weighted by atomic mass is 79.9. The van der Waals surface area contributed by atoms with Crippen molar-refractivity contribution >= 4 is 35.7 Å². The van der Waals surface area contributed by atoms with Crippen molar-refractivity contribution < 1.29 is 17.2 Å². The van der Waals surface area contributed by atoms with Gasteiger partial charge in [0.1, 0.15) is 11.6 Å². The fraction of sp³-hybridized carbons (Fsp3) is 0.111. The molecule has 0 unspecified atom stereocenters. The lowest BCUT2D eigenvalue weighted by Gasteiger charge is -2.05. The van der Waals surface area contributed by atoms with Gasteiger partial charge in [0.25, 0.3) is 14.2 Å². The summed E-state index contributed by atoms with van der Waals surface area (Å²) >= 11 is 2.94. The van der Waals surface area contributed by atoms with Crippen LogP contribution in [-0.4, -0.2) is 23.2 Å². The summed E-state index contributed by atoms with van der Waals surface area (Å²) in [6.07, 6.45) is 0. The van der Waals surface area contributed by atoms with Crippen LogP contribution >= 0.6 is 26.6 Å². The third kappa shape index (κ3) is 2.63. The number of halogens is 4. The van der Waals surface area contributed by atoms with E-state index in [1.54, 1.807) is 0 Å². The highest BCUT2D eigenvalue weighted by molar-refractivity contribution is 9.10. The molecule has 2 rings (SSSR count). The van der Waals surface area contributed by atoms with Crippen molar-refractivity contribution in [2.24, 2.45) is 7.05 Å². The zero-order valence-electron chi connectivity index (χ0n) is 9.23. The molecule has 0 fully saturated rings. The van der Waals surface area contributed by atoms with E-state index < -0.39 is 31.4 Å². The van der Waals surface area contributed by atoms with Crippen LogP contribution in [0.25, 0.3) is 11.4 Å². The molecule has 102 valence electrons. The molecule has 0 saturated heterocycles. The van der Waals surface area contributed by atoms with E-state index in [2.05, 4.69) is 26.1 Å². The smallest absolute Gasteiger partial charge is 0.296 e. The predicted molar refractivity (Wildman–Crippen MR) is 67.1 cm³/mol. The molecule has 0 spiro atoms.